The van der Waals surface area contributed by atoms with Crippen LogP contribution in [-0.4, -0.2) is 20.8 Å². The normalized spacial score (nSPS) is 22.6. The van der Waals surface area contributed by atoms with Crippen LogP contribution in [0.1, 0.15) is 38.2 Å². The van der Waals surface area contributed by atoms with E-state index in [-0.39, 0.29) is 0 Å². The maximum absolute atomic E-state index is 5.46. The van der Waals surface area contributed by atoms with Gasteiger partial charge in [-0.25, -0.2) is 0 Å². The number of nitrogens with one attached hydrogen (secondary N) is 1. The highest BCUT2D eigenvalue weighted by atomic mass is 16.5. The molecule has 1 aliphatic carbocycles. The average molecular weight is 277 g/mol. The number of ether oxygens (including phenoxy) is 2. The Morgan fingerprint density at radius 2 is 1.85 bits per heavy atom. The van der Waals surface area contributed by atoms with Crippen molar-refractivity contribution < 1.29 is 9.47 Å². The summed E-state index contributed by atoms with van der Waals surface area (Å²) in [6, 6.07) is 6.04. The summed E-state index contributed by atoms with van der Waals surface area (Å²) in [6.07, 6.45) is 5.50. The summed E-state index contributed by atoms with van der Waals surface area (Å²) in [7, 11) is 3.38. The van der Waals surface area contributed by atoms with Crippen LogP contribution in [-0.2, 0) is 6.54 Å². The number of rotatable bonds is 6. The molecule has 20 heavy (non-hydrogen) atoms. The van der Waals surface area contributed by atoms with E-state index in [1.807, 2.05) is 12.1 Å². The van der Waals surface area contributed by atoms with Gasteiger partial charge in [0.25, 0.3) is 0 Å². The molecule has 0 saturated heterocycles. The highest BCUT2D eigenvalue weighted by molar-refractivity contribution is 5.46. The molecule has 0 unspecified atom stereocenters. The molecule has 0 atom stereocenters. The molecule has 112 valence electrons. The zero-order valence-electron chi connectivity index (χ0n) is 12.9. The quantitative estimate of drug-likeness (QED) is 0.861. The fourth-order valence-corrected chi connectivity index (χ4v) is 3.04. The van der Waals surface area contributed by atoms with Gasteiger partial charge in [-0.3, -0.25) is 0 Å². The lowest BCUT2D eigenvalue weighted by atomic mass is 9.83. The third-order valence-electron chi connectivity index (χ3n) is 4.37. The largest absolute Gasteiger partial charge is 0.493 e. The van der Waals surface area contributed by atoms with Crippen molar-refractivity contribution in [2.24, 2.45) is 11.8 Å². The summed E-state index contributed by atoms with van der Waals surface area (Å²) < 4.78 is 10.8. The van der Waals surface area contributed by atoms with Gasteiger partial charge in [-0.15, -0.1) is 0 Å². The van der Waals surface area contributed by atoms with Crippen LogP contribution in [0.3, 0.4) is 0 Å². The van der Waals surface area contributed by atoms with Gasteiger partial charge in [0.05, 0.1) is 14.2 Å². The molecule has 0 heterocycles. The molecule has 1 fully saturated rings. The second kappa shape index (κ2) is 7.53. The maximum Gasteiger partial charge on any atom is 0.165 e. The van der Waals surface area contributed by atoms with E-state index in [0.717, 1.165) is 42.0 Å². The van der Waals surface area contributed by atoms with Crippen LogP contribution in [0.25, 0.3) is 0 Å². The Morgan fingerprint density at radius 3 is 2.50 bits per heavy atom. The van der Waals surface area contributed by atoms with E-state index in [9.17, 15) is 0 Å². The third-order valence-corrected chi connectivity index (χ3v) is 4.37. The van der Waals surface area contributed by atoms with Crippen molar-refractivity contribution in [2.75, 3.05) is 20.8 Å². The minimum atomic E-state index is 0.804. The minimum Gasteiger partial charge on any atom is -0.493 e. The summed E-state index contributed by atoms with van der Waals surface area (Å²) in [6.45, 7) is 4.31. The van der Waals surface area contributed by atoms with Gasteiger partial charge in [0, 0.05) is 12.1 Å². The van der Waals surface area contributed by atoms with E-state index >= 15 is 0 Å². The van der Waals surface area contributed by atoms with Gasteiger partial charge in [0.1, 0.15) is 0 Å². The number of benzene rings is 1. The Balaban J connectivity index is 1.85. The molecule has 0 aromatic heterocycles. The summed E-state index contributed by atoms with van der Waals surface area (Å²) in [4.78, 5) is 0. The Hall–Kier alpha value is -1.22. The molecule has 1 saturated carbocycles. The number of methoxy groups -OCH3 is 2. The molecule has 1 N–H and O–H groups in total. The lowest BCUT2D eigenvalue weighted by Gasteiger charge is -2.26. The Morgan fingerprint density at radius 1 is 1.10 bits per heavy atom. The molecule has 1 aromatic carbocycles. The first-order valence-electron chi connectivity index (χ1n) is 7.65. The Labute approximate surface area is 122 Å². The second-order valence-corrected chi connectivity index (χ2v) is 5.91. The fourth-order valence-electron chi connectivity index (χ4n) is 3.04. The molecule has 1 aliphatic rings. The van der Waals surface area contributed by atoms with Crippen molar-refractivity contribution in [2.45, 2.75) is 39.2 Å². The van der Waals surface area contributed by atoms with Crippen molar-refractivity contribution in [1.82, 2.24) is 5.32 Å². The molecule has 1 aromatic rings. The lowest BCUT2D eigenvalue weighted by molar-refractivity contribution is 0.281. The van der Waals surface area contributed by atoms with Gasteiger partial charge >= 0.3 is 0 Å². The van der Waals surface area contributed by atoms with Crippen LogP contribution >= 0.6 is 0 Å². The lowest BCUT2D eigenvalue weighted by Crippen LogP contribution is -2.25. The minimum absolute atomic E-state index is 0.804. The van der Waals surface area contributed by atoms with Gasteiger partial charge in [-0.05, 0) is 37.3 Å². The molecule has 0 radical (unpaired) electrons. The Kier molecular flexibility index (Phi) is 5.72. The second-order valence-electron chi connectivity index (χ2n) is 5.91. The molecule has 0 aliphatic heterocycles. The maximum atomic E-state index is 5.46. The molecular formula is C17H27NO2. The van der Waals surface area contributed by atoms with E-state index in [0.29, 0.717) is 0 Å². The summed E-state index contributed by atoms with van der Waals surface area (Å²) in [5.41, 5.74) is 1.16. The topological polar surface area (TPSA) is 30.5 Å². The molecule has 3 nitrogen and oxygen atoms in total. The third kappa shape index (κ3) is 3.89. The van der Waals surface area contributed by atoms with Crippen LogP contribution in [0.5, 0.6) is 11.5 Å². The monoisotopic (exact) mass is 277 g/mol. The summed E-state index contributed by atoms with van der Waals surface area (Å²) in [5, 5.41) is 3.58. The first kappa shape index (κ1) is 15.2. The molecule has 3 heteroatoms. The summed E-state index contributed by atoms with van der Waals surface area (Å²) in [5.74, 6) is 3.41. The Bertz CT molecular complexity index is 411. The molecule has 0 amide bonds. The standard InChI is InChI=1S/C17H27NO2/c1-13-7-9-14(10-8-13)11-18-12-15-5-4-6-16(19-2)17(15)20-3/h4-6,13-14,18H,7-12H2,1-3H3. The smallest absolute Gasteiger partial charge is 0.165 e. The SMILES string of the molecule is COc1cccc(CNCC2CCC(C)CC2)c1OC. The van der Waals surface area contributed by atoms with Crippen molar-refractivity contribution >= 4 is 0 Å². The van der Waals surface area contributed by atoms with Crippen LogP contribution in [0, 0.1) is 11.8 Å². The number of hydrogen-bond acceptors (Lipinski definition) is 3. The molecular weight excluding hydrogens is 250 g/mol. The van der Waals surface area contributed by atoms with Crippen molar-refractivity contribution in [3.05, 3.63) is 23.8 Å². The van der Waals surface area contributed by atoms with Crippen molar-refractivity contribution in [1.29, 1.82) is 0 Å². The average Bonchev–Trinajstić information content (AvgIpc) is 2.49. The zero-order chi connectivity index (χ0) is 14.4. The molecule has 0 spiro atoms. The number of hydrogen-bond donors (Lipinski definition) is 1. The van der Waals surface area contributed by atoms with Gasteiger partial charge < -0.3 is 14.8 Å². The van der Waals surface area contributed by atoms with E-state index < -0.39 is 0 Å². The van der Waals surface area contributed by atoms with Gasteiger partial charge in [-0.2, -0.15) is 0 Å². The zero-order valence-corrected chi connectivity index (χ0v) is 12.9. The van der Waals surface area contributed by atoms with E-state index in [2.05, 4.69) is 18.3 Å². The first-order chi connectivity index (χ1) is 9.74. The predicted octanol–water partition coefficient (Wildman–Crippen LogP) is 3.62. The van der Waals surface area contributed by atoms with Gasteiger partial charge in [0.15, 0.2) is 11.5 Å². The van der Waals surface area contributed by atoms with Gasteiger partial charge in [0.2, 0.25) is 0 Å². The highest BCUT2D eigenvalue weighted by Crippen LogP contribution is 2.31. The van der Waals surface area contributed by atoms with Crippen LogP contribution in [0.4, 0.5) is 0 Å². The van der Waals surface area contributed by atoms with Crippen LogP contribution in [0.2, 0.25) is 0 Å². The molecule has 2 rings (SSSR count). The van der Waals surface area contributed by atoms with Crippen molar-refractivity contribution in [3.8, 4) is 11.5 Å². The van der Waals surface area contributed by atoms with Crippen molar-refractivity contribution in [3.63, 3.8) is 0 Å². The first-order valence-corrected chi connectivity index (χ1v) is 7.65. The summed E-state index contributed by atoms with van der Waals surface area (Å²) >= 11 is 0. The van der Waals surface area contributed by atoms with E-state index in [1.54, 1.807) is 14.2 Å². The van der Waals surface area contributed by atoms with E-state index in [1.165, 1.54) is 25.7 Å². The van der Waals surface area contributed by atoms with Crippen LogP contribution in [0.15, 0.2) is 18.2 Å². The number of para-hydroxylation sites is 1. The highest BCUT2D eigenvalue weighted by Gasteiger charge is 2.18. The predicted molar refractivity (Wildman–Crippen MR) is 82.4 cm³/mol. The van der Waals surface area contributed by atoms with E-state index in [4.69, 9.17) is 9.47 Å². The molecule has 0 bridgehead atoms. The van der Waals surface area contributed by atoms with Crippen LogP contribution < -0.4 is 14.8 Å². The fraction of sp³-hybridized carbons (Fsp3) is 0.647. The van der Waals surface area contributed by atoms with Gasteiger partial charge in [-0.1, -0.05) is 31.9 Å².